The average Bonchev–Trinajstić information content (AvgIpc) is 3.04. The predicted octanol–water partition coefficient (Wildman–Crippen LogP) is 3.62. The maximum absolute atomic E-state index is 12.7. The van der Waals surface area contributed by atoms with E-state index in [2.05, 4.69) is 15.4 Å². The third-order valence-corrected chi connectivity index (χ3v) is 3.32. The molecule has 1 fully saturated rings. The Hall–Kier alpha value is -2.57. The number of nitriles is 1. The number of amides is 2. The van der Waals surface area contributed by atoms with E-state index in [0.29, 0.717) is 0 Å². The first-order valence-electron chi connectivity index (χ1n) is 6.83. The summed E-state index contributed by atoms with van der Waals surface area (Å²) in [7, 11) is 0. The number of carbonyl (C=O) groups excluding carboxylic acids is 1. The van der Waals surface area contributed by atoms with Crippen molar-refractivity contribution in [2.45, 2.75) is 25.1 Å². The molecule has 1 saturated carbocycles. The summed E-state index contributed by atoms with van der Waals surface area (Å²) in [6.07, 6.45) is -5.08. The molecular formula is C14H12F5N3O2. The van der Waals surface area contributed by atoms with E-state index in [9.17, 15) is 26.7 Å². The summed E-state index contributed by atoms with van der Waals surface area (Å²) in [6.45, 7) is 0.00821. The van der Waals surface area contributed by atoms with Crippen LogP contribution in [0.5, 0.6) is 5.75 Å². The second kappa shape index (κ2) is 6.51. The van der Waals surface area contributed by atoms with E-state index in [0.717, 1.165) is 12.1 Å². The number of ether oxygens (including phenoxy) is 1. The summed E-state index contributed by atoms with van der Waals surface area (Å²) in [4.78, 5) is 11.6. The number of benzene rings is 1. The molecule has 0 aromatic heterocycles. The highest BCUT2D eigenvalue weighted by molar-refractivity contribution is 5.89. The average molecular weight is 349 g/mol. The van der Waals surface area contributed by atoms with E-state index in [1.54, 1.807) is 0 Å². The molecule has 130 valence electrons. The molecule has 1 aliphatic carbocycles. The van der Waals surface area contributed by atoms with E-state index >= 15 is 0 Å². The number of halogens is 5. The van der Waals surface area contributed by atoms with Gasteiger partial charge >= 0.3 is 12.4 Å². The van der Waals surface area contributed by atoms with Gasteiger partial charge in [0.2, 0.25) is 0 Å². The summed E-state index contributed by atoms with van der Waals surface area (Å²) in [5, 5.41) is 13.3. The lowest BCUT2D eigenvalue weighted by atomic mass is 10.2. The van der Waals surface area contributed by atoms with Crippen LogP contribution in [-0.4, -0.2) is 24.9 Å². The lowest BCUT2D eigenvalue weighted by Gasteiger charge is -2.12. The molecule has 5 nitrogen and oxygen atoms in total. The van der Waals surface area contributed by atoms with Gasteiger partial charge in [-0.2, -0.15) is 5.26 Å². The minimum Gasteiger partial charge on any atom is -0.404 e. The van der Waals surface area contributed by atoms with Gasteiger partial charge in [-0.15, -0.1) is 13.2 Å². The zero-order valence-corrected chi connectivity index (χ0v) is 12.1. The first-order chi connectivity index (χ1) is 11.1. The standard InChI is InChI=1S/C14H12F5N3O2/c15-13(16)6-9(13)3-4-21-12(23)22-10-2-1-8(7-20)11(5-10)24-14(17,18)19/h1-2,5,9H,3-4,6H2,(H2,21,22,23). The monoisotopic (exact) mass is 349 g/mol. The molecule has 2 rings (SSSR count). The van der Waals surface area contributed by atoms with Crippen LogP contribution < -0.4 is 15.4 Å². The van der Waals surface area contributed by atoms with Crippen molar-refractivity contribution in [1.29, 1.82) is 5.26 Å². The Bertz CT molecular complexity index is 669. The second-order valence-corrected chi connectivity index (χ2v) is 5.20. The fourth-order valence-electron chi connectivity index (χ4n) is 2.02. The zero-order chi connectivity index (χ0) is 18.0. The lowest BCUT2D eigenvalue weighted by Crippen LogP contribution is -2.30. The SMILES string of the molecule is N#Cc1ccc(NC(=O)NCCC2CC2(F)F)cc1OC(F)(F)F. The molecule has 1 aromatic carbocycles. The first-order valence-corrected chi connectivity index (χ1v) is 6.83. The number of rotatable bonds is 5. The Kier molecular flexibility index (Phi) is 4.82. The van der Waals surface area contributed by atoms with E-state index in [-0.39, 0.29) is 30.6 Å². The molecule has 0 saturated heterocycles. The number of hydrogen-bond donors (Lipinski definition) is 2. The molecule has 1 aromatic rings. The Morgan fingerprint density at radius 1 is 1.42 bits per heavy atom. The number of nitrogens with zero attached hydrogens (tertiary/aromatic N) is 1. The highest BCUT2D eigenvalue weighted by Gasteiger charge is 2.55. The van der Waals surface area contributed by atoms with Gasteiger partial charge in [-0.05, 0) is 18.6 Å². The number of nitrogens with one attached hydrogen (secondary N) is 2. The van der Waals surface area contributed by atoms with Gasteiger partial charge < -0.3 is 15.4 Å². The predicted molar refractivity (Wildman–Crippen MR) is 72.5 cm³/mol. The summed E-state index contributed by atoms with van der Waals surface area (Å²) >= 11 is 0. The zero-order valence-electron chi connectivity index (χ0n) is 12.1. The van der Waals surface area contributed by atoms with Gasteiger partial charge in [-0.3, -0.25) is 0 Å². The number of carbonyl (C=O) groups is 1. The molecular weight excluding hydrogens is 337 g/mol. The number of anilines is 1. The van der Waals surface area contributed by atoms with Crippen LogP contribution in [0, 0.1) is 17.2 Å². The van der Waals surface area contributed by atoms with Gasteiger partial charge in [0.25, 0.3) is 5.92 Å². The molecule has 0 spiro atoms. The van der Waals surface area contributed by atoms with Crippen LogP contribution >= 0.6 is 0 Å². The fourth-order valence-corrected chi connectivity index (χ4v) is 2.02. The number of hydrogen-bond acceptors (Lipinski definition) is 3. The minimum absolute atomic E-state index is 0.00821. The smallest absolute Gasteiger partial charge is 0.404 e. The van der Waals surface area contributed by atoms with Crippen LogP contribution in [0.25, 0.3) is 0 Å². The van der Waals surface area contributed by atoms with Crippen molar-refractivity contribution in [2.75, 3.05) is 11.9 Å². The largest absolute Gasteiger partial charge is 0.573 e. The van der Waals surface area contributed by atoms with Crippen LogP contribution in [-0.2, 0) is 0 Å². The molecule has 2 amide bonds. The van der Waals surface area contributed by atoms with E-state index in [1.165, 1.54) is 12.1 Å². The Balaban J connectivity index is 1.90. The molecule has 2 N–H and O–H groups in total. The molecule has 0 heterocycles. The number of alkyl halides is 5. The van der Waals surface area contributed by atoms with Crippen molar-refractivity contribution in [2.24, 2.45) is 5.92 Å². The van der Waals surface area contributed by atoms with Gasteiger partial charge in [-0.25, -0.2) is 13.6 Å². The van der Waals surface area contributed by atoms with Crippen LogP contribution in [0.15, 0.2) is 18.2 Å². The van der Waals surface area contributed by atoms with Crippen LogP contribution in [0.4, 0.5) is 32.4 Å². The van der Waals surface area contributed by atoms with Crippen molar-refractivity contribution in [3.05, 3.63) is 23.8 Å². The lowest BCUT2D eigenvalue weighted by molar-refractivity contribution is -0.274. The minimum atomic E-state index is -4.98. The molecule has 0 aliphatic heterocycles. The quantitative estimate of drug-likeness (QED) is 0.798. The van der Waals surface area contributed by atoms with Crippen molar-refractivity contribution < 1.29 is 31.5 Å². The molecule has 1 atom stereocenters. The Morgan fingerprint density at radius 2 is 2.08 bits per heavy atom. The van der Waals surface area contributed by atoms with Gasteiger partial charge in [0.1, 0.15) is 11.8 Å². The molecule has 0 bridgehead atoms. The van der Waals surface area contributed by atoms with Crippen LogP contribution in [0.3, 0.4) is 0 Å². The van der Waals surface area contributed by atoms with Gasteiger partial charge in [0, 0.05) is 30.6 Å². The van der Waals surface area contributed by atoms with Crippen LogP contribution in [0.1, 0.15) is 18.4 Å². The highest BCUT2D eigenvalue weighted by Crippen LogP contribution is 2.50. The van der Waals surface area contributed by atoms with Gasteiger partial charge in [-0.1, -0.05) is 0 Å². The second-order valence-electron chi connectivity index (χ2n) is 5.20. The summed E-state index contributed by atoms with van der Waals surface area (Å²) in [5.41, 5.74) is -0.392. The van der Waals surface area contributed by atoms with Gasteiger partial charge in [0.05, 0.1) is 5.56 Å². The van der Waals surface area contributed by atoms with Crippen LogP contribution in [0.2, 0.25) is 0 Å². The van der Waals surface area contributed by atoms with E-state index < -0.39 is 30.0 Å². The molecule has 10 heteroatoms. The normalized spacial score (nSPS) is 18.4. The molecule has 24 heavy (non-hydrogen) atoms. The molecule has 1 aliphatic rings. The van der Waals surface area contributed by atoms with Crippen molar-refractivity contribution >= 4 is 11.7 Å². The third-order valence-electron chi connectivity index (χ3n) is 3.32. The Morgan fingerprint density at radius 3 is 2.62 bits per heavy atom. The summed E-state index contributed by atoms with van der Waals surface area (Å²) in [5.74, 6) is -4.17. The fraction of sp³-hybridized carbons (Fsp3) is 0.429. The van der Waals surface area contributed by atoms with Gasteiger partial charge in [0.15, 0.2) is 0 Å². The van der Waals surface area contributed by atoms with Crippen molar-refractivity contribution in [3.8, 4) is 11.8 Å². The van der Waals surface area contributed by atoms with E-state index in [4.69, 9.17) is 5.26 Å². The van der Waals surface area contributed by atoms with E-state index in [1.807, 2.05) is 0 Å². The van der Waals surface area contributed by atoms with Crippen molar-refractivity contribution in [3.63, 3.8) is 0 Å². The summed E-state index contributed by atoms with van der Waals surface area (Å²) < 4.78 is 65.8. The first kappa shape index (κ1) is 17.8. The Labute approximate surface area is 133 Å². The summed E-state index contributed by atoms with van der Waals surface area (Å²) in [6, 6.07) is 3.90. The highest BCUT2D eigenvalue weighted by atomic mass is 19.4. The topological polar surface area (TPSA) is 74.2 Å². The molecule has 1 unspecified atom stereocenters. The number of urea groups is 1. The maximum atomic E-state index is 12.7. The molecule has 0 radical (unpaired) electrons. The maximum Gasteiger partial charge on any atom is 0.573 e. The third kappa shape index (κ3) is 4.97. The van der Waals surface area contributed by atoms with Crippen molar-refractivity contribution in [1.82, 2.24) is 5.32 Å².